The number of phenols is 3. The molecule has 0 spiro atoms. The first kappa shape index (κ1) is 9.71. The molecule has 0 fully saturated rings. The molecule has 3 heteroatoms. The van der Waals surface area contributed by atoms with E-state index in [4.69, 9.17) is 0 Å². The van der Waals surface area contributed by atoms with Crippen LogP contribution in [0.25, 0.3) is 0 Å². The molecule has 72 valence electrons. The number of phenolic OH excluding ortho intramolecular Hbond substituents is 3. The van der Waals surface area contributed by atoms with Crippen molar-refractivity contribution < 1.29 is 15.3 Å². The van der Waals surface area contributed by atoms with E-state index in [0.717, 1.165) is 0 Å². The van der Waals surface area contributed by atoms with Gasteiger partial charge in [-0.3, -0.25) is 0 Å². The Morgan fingerprint density at radius 1 is 1.00 bits per heavy atom. The molecule has 1 rings (SSSR count). The van der Waals surface area contributed by atoms with Gasteiger partial charge in [-0.1, -0.05) is 13.8 Å². The smallest absolute Gasteiger partial charge is 0.200 e. The van der Waals surface area contributed by atoms with Gasteiger partial charge in [-0.15, -0.1) is 0 Å². The zero-order valence-corrected chi connectivity index (χ0v) is 8.00. The van der Waals surface area contributed by atoms with Gasteiger partial charge in [0.1, 0.15) is 0 Å². The molecule has 0 heterocycles. The van der Waals surface area contributed by atoms with Crippen LogP contribution in [0.2, 0.25) is 0 Å². The van der Waals surface area contributed by atoms with Gasteiger partial charge in [0, 0.05) is 5.56 Å². The van der Waals surface area contributed by atoms with E-state index < -0.39 is 5.75 Å². The van der Waals surface area contributed by atoms with Crippen LogP contribution < -0.4 is 0 Å². The predicted molar refractivity (Wildman–Crippen MR) is 50.3 cm³/mol. The highest BCUT2D eigenvalue weighted by Crippen LogP contribution is 2.42. The molecular formula is C10H14O3. The molecule has 0 aliphatic heterocycles. The molecule has 0 radical (unpaired) electrons. The molecule has 0 saturated heterocycles. The van der Waals surface area contributed by atoms with Crippen LogP contribution in [0.15, 0.2) is 6.07 Å². The highest BCUT2D eigenvalue weighted by atomic mass is 16.3. The second kappa shape index (κ2) is 3.17. The molecular weight excluding hydrogens is 168 g/mol. The number of rotatable bonds is 1. The Bertz CT molecular complexity index is 329. The summed E-state index contributed by atoms with van der Waals surface area (Å²) >= 11 is 0. The van der Waals surface area contributed by atoms with Crippen molar-refractivity contribution in [2.24, 2.45) is 0 Å². The van der Waals surface area contributed by atoms with Crippen molar-refractivity contribution in [3.8, 4) is 17.2 Å². The maximum absolute atomic E-state index is 9.46. The number of aryl methyl sites for hydroxylation is 1. The van der Waals surface area contributed by atoms with Gasteiger partial charge in [-0.25, -0.2) is 0 Å². The summed E-state index contributed by atoms with van der Waals surface area (Å²) in [5, 5.41) is 28.1. The van der Waals surface area contributed by atoms with Crippen molar-refractivity contribution in [3.05, 3.63) is 17.2 Å². The largest absolute Gasteiger partial charge is 0.504 e. The minimum atomic E-state index is -0.427. The van der Waals surface area contributed by atoms with Gasteiger partial charge in [-0.05, 0) is 24.5 Å². The van der Waals surface area contributed by atoms with Gasteiger partial charge in [0.25, 0.3) is 0 Å². The van der Waals surface area contributed by atoms with E-state index in [1.54, 1.807) is 13.0 Å². The average Bonchev–Trinajstić information content (AvgIpc) is 2.07. The Labute approximate surface area is 77.3 Å². The first-order valence-corrected chi connectivity index (χ1v) is 4.19. The van der Waals surface area contributed by atoms with Crippen molar-refractivity contribution >= 4 is 0 Å². The topological polar surface area (TPSA) is 60.7 Å². The lowest BCUT2D eigenvalue weighted by Crippen LogP contribution is -1.90. The number of benzene rings is 1. The lowest BCUT2D eigenvalue weighted by atomic mass is 9.99. The summed E-state index contributed by atoms with van der Waals surface area (Å²) in [6.45, 7) is 5.50. The zero-order valence-electron chi connectivity index (χ0n) is 8.00. The van der Waals surface area contributed by atoms with E-state index in [1.165, 1.54) is 0 Å². The Morgan fingerprint density at radius 3 is 2.00 bits per heavy atom. The molecule has 3 nitrogen and oxygen atoms in total. The highest BCUT2D eigenvalue weighted by molar-refractivity contribution is 5.57. The normalized spacial score (nSPS) is 10.8. The number of aromatic hydroxyl groups is 3. The van der Waals surface area contributed by atoms with Crippen LogP contribution in [-0.2, 0) is 0 Å². The van der Waals surface area contributed by atoms with Crippen LogP contribution in [0.1, 0.15) is 30.9 Å². The standard InChI is InChI=1S/C10H14O3/c1-5(2)7-4-6(3)8(11)10(13)9(7)12/h4-5,11-13H,1-3H3. The maximum Gasteiger partial charge on any atom is 0.200 e. The van der Waals surface area contributed by atoms with E-state index in [2.05, 4.69) is 0 Å². The van der Waals surface area contributed by atoms with E-state index >= 15 is 0 Å². The molecule has 1 aromatic rings. The second-order valence-electron chi connectivity index (χ2n) is 3.48. The first-order valence-electron chi connectivity index (χ1n) is 4.19. The zero-order chi connectivity index (χ0) is 10.2. The highest BCUT2D eigenvalue weighted by Gasteiger charge is 2.15. The SMILES string of the molecule is Cc1cc(C(C)C)c(O)c(O)c1O. The summed E-state index contributed by atoms with van der Waals surface area (Å²) in [6.07, 6.45) is 0. The summed E-state index contributed by atoms with van der Waals surface area (Å²) in [7, 11) is 0. The quantitative estimate of drug-likeness (QED) is 0.584. The maximum atomic E-state index is 9.46. The van der Waals surface area contributed by atoms with Gasteiger partial charge in [-0.2, -0.15) is 0 Å². The summed E-state index contributed by atoms with van der Waals surface area (Å²) in [6, 6.07) is 1.68. The minimum absolute atomic E-state index is 0.116. The third-order valence-electron chi connectivity index (χ3n) is 2.09. The summed E-state index contributed by atoms with van der Waals surface area (Å²) in [5.41, 5.74) is 1.21. The molecule has 0 aromatic heterocycles. The second-order valence-corrected chi connectivity index (χ2v) is 3.48. The van der Waals surface area contributed by atoms with Crippen molar-refractivity contribution in [1.29, 1.82) is 0 Å². The Morgan fingerprint density at radius 2 is 1.54 bits per heavy atom. The number of hydrogen-bond donors (Lipinski definition) is 3. The fourth-order valence-corrected chi connectivity index (χ4v) is 1.25. The molecule has 13 heavy (non-hydrogen) atoms. The van der Waals surface area contributed by atoms with Crippen LogP contribution in [0.4, 0.5) is 0 Å². The van der Waals surface area contributed by atoms with Crippen LogP contribution in [0, 0.1) is 6.92 Å². The van der Waals surface area contributed by atoms with Gasteiger partial charge < -0.3 is 15.3 Å². The van der Waals surface area contributed by atoms with E-state index in [1.807, 2.05) is 13.8 Å². The van der Waals surface area contributed by atoms with Gasteiger partial charge in [0.15, 0.2) is 11.5 Å². The van der Waals surface area contributed by atoms with Gasteiger partial charge in [0.05, 0.1) is 0 Å². The van der Waals surface area contributed by atoms with Crippen LogP contribution in [-0.4, -0.2) is 15.3 Å². The third-order valence-corrected chi connectivity index (χ3v) is 2.09. The van der Waals surface area contributed by atoms with Gasteiger partial charge >= 0.3 is 0 Å². The minimum Gasteiger partial charge on any atom is -0.504 e. The molecule has 0 atom stereocenters. The van der Waals surface area contributed by atoms with Crippen LogP contribution in [0.3, 0.4) is 0 Å². The molecule has 0 unspecified atom stereocenters. The summed E-state index contributed by atoms with van der Waals surface area (Å²) in [5.74, 6) is -0.783. The van der Waals surface area contributed by atoms with Gasteiger partial charge in [0.2, 0.25) is 5.75 Å². The summed E-state index contributed by atoms with van der Waals surface area (Å²) < 4.78 is 0. The fourth-order valence-electron chi connectivity index (χ4n) is 1.25. The Balaban J connectivity index is 3.41. The van der Waals surface area contributed by atoms with Crippen molar-refractivity contribution in [2.45, 2.75) is 26.7 Å². The number of hydrogen-bond acceptors (Lipinski definition) is 3. The molecule has 0 bridgehead atoms. The average molecular weight is 182 g/mol. The predicted octanol–water partition coefficient (Wildman–Crippen LogP) is 2.24. The van der Waals surface area contributed by atoms with E-state index in [0.29, 0.717) is 11.1 Å². The van der Waals surface area contributed by atoms with E-state index in [9.17, 15) is 15.3 Å². The lowest BCUT2D eigenvalue weighted by Gasteiger charge is -2.12. The molecule has 3 N–H and O–H groups in total. The molecule has 0 amide bonds. The van der Waals surface area contributed by atoms with E-state index in [-0.39, 0.29) is 17.4 Å². The molecule has 1 aromatic carbocycles. The Kier molecular flexibility index (Phi) is 2.36. The van der Waals surface area contributed by atoms with Crippen molar-refractivity contribution in [3.63, 3.8) is 0 Å². The molecule has 0 saturated carbocycles. The fraction of sp³-hybridized carbons (Fsp3) is 0.400. The molecule has 0 aliphatic rings. The van der Waals surface area contributed by atoms with Crippen molar-refractivity contribution in [1.82, 2.24) is 0 Å². The van der Waals surface area contributed by atoms with Crippen LogP contribution >= 0.6 is 0 Å². The van der Waals surface area contributed by atoms with Crippen molar-refractivity contribution in [2.75, 3.05) is 0 Å². The lowest BCUT2D eigenvalue weighted by molar-refractivity contribution is 0.362. The summed E-state index contributed by atoms with van der Waals surface area (Å²) in [4.78, 5) is 0. The first-order chi connectivity index (χ1) is 5.95. The Hall–Kier alpha value is -1.38. The third kappa shape index (κ3) is 1.54. The molecule has 0 aliphatic carbocycles. The van der Waals surface area contributed by atoms with Crippen LogP contribution in [0.5, 0.6) is 17.2 Å². The monoisotopic (exact) mass is 182 g/mol.